The molecule has 0 aromatic carbocycles. The second-order valence-corrected chi connectivity index (χ2v) is 5.13. The van der Waals surface area contributed by atoms with Crippen LogP contribution in [0.25, 0.3) is 0 Å². The number of amides is 1. The summed E-state index contributed by atoms with van der Waals surface area (Å²) in [6, 6.07) is 2.25. The number of nitriles is 1. The molecule has 1 unspecified atom stereocenters. The topological polar surface area (TPSA) is 128 Å². The van der Waals surface area contributed by atoms with E-state index in [0.717, 1.165) is 6.20 Å². The summed E-state index contributed by atoms with van der Waals surface area (Å²) in [6.07, 6.45) is 1.43. The first-order valence-electron chi connectivity index (χ1n) is 6.67. The summed E-state index contributed by atoms with van der Waals surface area (Å²) in [5.74, 6) is -0.897. The summed E-state index contributed by atoms with van der Waals surface area (Å²) >= 11 is 0. The molecule has 3 N–H and O–H groups in total. The highest BCUT2D eigenvalue weighted by molar-refractivity contribution is 5.99. The van der Waals surface area contributed by atoms with E-state index in [4.69, 9.17) is 14.9 Å². The molecular formula is C14H18N4O4. The summed E-state index contributed by atoms with van der Waals surface area (Å²) in [7, 11) is 0. The number of carbonyl (C=O) groups excluding carboxylic acids is 1. The van der Waals surface area contributed by atoms with Gasteiger partial charge in [-0.25, -0.2) is 4.79 Å². The summed E-state index contributed by atoms with van der Waals surface area (Å²) in [5, 5.41) is 26.7. The van der Waals surface area contributed by atoms with Gasteiger partial charge in [-0.2, -0.15) is 5.26 Å². The second kappa shape index (κ2) is 7.83. The van der Waals surface area contributed by atoms with Crippen LogP contribution < -0.4 is 10.6 Å². The molecular weight excluding hydrogens is 288 g/mol. The fraction of sp³-hybridized carbons (Fsp3) is 0.429. The summed E-state index contributed by atoms with van der Waals surface area (Å²) in [5.41, 5.74) is -0.254. The van der Waals surface area contributed by atoms with Crippen LogP contribution in [0.15, 0.2) is 22.4 Å². The lowest BCUT2D eigenvalue weighted by Crippen LogP contribution is -2.42. The molecule has 0 radical (unpaired) electrons. The Balaban J connectivity index is 2.74. The number of aryl methyl sites for hydroxylation is 1. The van der Waals surface area contributed by atoms with Crippen molar-refractivity contribution in [1.82, 2.24) is 10.5 Å². The molecule has 1 heterocycles. The SMILES string of the molecule is Cc1cc(N/C=C(/C#N)C(=O)NC(CC(C)C)C(=O)O)no1. The zero-order valence-electron chi connectivity index (χ0n) is 12.6. The zero-order valence-corrected chi connectivity index (χ0v) is 12.6. The zero-order chi connectivity index (χ0) is 16.7. The molecule has 0 aliphatic heterocycles. The molecule has 1 atom stereocenters. The van der Waals surface area contributed by atoms with Crippen molar-refractivity contribution >= 4 is 17.7 Å². The molecule has 8 heteroatoms. The maximum absolute atomic E-state index is 11.9. The van der Waals surface area contributed by atoms with Crippen molar-refractivity contribution in [3.63, 3.8) is 0 Å². The molecule has 0 fully saturated rings. The van der Waals surface area contributed by atoms with Crippen molar-refractivity contribution in [2.45, 2.75) is 33.2 Å². The molecule has 8 nitrogen and oxygen atoms in total. The van der Waals surface area contributed by atoms with Gasteiger partial charge in [0.25, 0.3) is 5.91 Å². The van der Waals surface area contributed by atoms with Crippen LogP contribution >= 0.6 is 0 Å². The minimum Gasteiger partial charge on any atom is -0.480 e. The summed E-state index contributed by atoms with van der Waals surface area (Å²) < 4.78 is 4.83. The number of anilines is 1. The lowest BCUT2D eigenvalue weighted by molar-refractivity contribution is -0.141. The Morgan fingerprint density at radius 1 is 1.55 bits per heavy atom. The number of hydrogen-bond acceptors (Lipinski definition) is 6. The van der Waals surface area contributed by atoms with Crippen LogP contribution in [0.5, 0.6) is 0 Å². The number of aromatic nitrogens is 1. The number of aliphatic carboxylic acids is 1. The lowest BCUT2D eigenvalue weighted by Gasteiger charge is -2.16. The first-order chi connectivity index (χ1) is 10.3. The van der Waals surface area contributed by atoms with Crippen LogP contribution in [0, 0.1) is 24.2 Å². The van der Waals surface area contributed by atoms with Crippen molar-refractivity contribution in [3.8, 4) is 6.07 Å². The normalized spacial score (nSPS) is 12.6. The van der Waals surface area contributed by atoms with E-state index < -0.39 is 17.9 Å². The van der Waals surface area contributed by atoms with Crippen LogP contribution in [-0.2, 0) is 9.59 Å². The fourth-order valence-electron chi connectivity index (χ4n) is 1.66. The molecule has 1 aromatic rings. The monoisotopic (exact) mass is 306 g/mol. The Morgan fingerprint density at radius 3 is 2.68 bits per heavy atom. The third-order valence-corrected chi connectivity index (χ3v) is 2.67. The highest BCUT2D eigenvalue weighted by Crippen LogP contribution is 2.09. The van der Waals surface area contributed by atoms with Crippen molar-refractivity contribution < 1.29 is 19.2 Å². The molecule has 0 bridgehead atoms. The van der Waals surface area contributed by atoms with E-state index >= 15 is 0 Å². The molecule has 118 valence electrons. The van der Waals surface area contributed by atoms with Crippen LogP contribution in [0.2, 0.25) is 0 Å². The van der Waals surface area contributed by atoms with E-state index in [9.17, 15) is 9.59 Å². The van der Waals surface area contributed by atoms with Crippen molar-refractivity contribution in [3.05, 3.63) is 23.6 Å². The number of rotatable bonds is 7. The Labute approximate surface area is 127 Å². The van der Waals surface area contributed by atoms with Crippen molar-refractivity contribution in [2.24, 2.45) is 5.92 Å². The Kier molecular flexibility index (Phi) is 6.13. The fourth-order valence-corrected chi connectivity index (χ4v) is 1.66. The van der Waals surface area contributed by atoms with Gasteiger partial charge in [0.1, 0.15) is 23.4 Å². The number of nitrogens with zero attached hydrogens (tertiary/aromatic N) is 2. The van der Waals surface area contributed by atoms with E-state index in [-0.39, 0.29) is 17.9 Å². The molecule has 0 saturated carbocycles. The van der Waals surface area contributed by atoms with E-state index in [1.54, 1.807) is 19.1 Å². The van der Waals surface area contributed by atoms with Gasteiger partial charge in [-0.1, -0.05) is 19.0 Å². The first kappa shape index (κ1) is 17.2. The predicted octanol–water partition coefficient (Wildman–Crippen LogP) is 1.42. The van der Waals surface area contributed by atoms with Gasteiger partial charge >= 0.3 is 5.97 Å². The van der Waals surface area contributed by atoms with Gasteiger partial charge in [0, 0.05) is 12.3 Å². The van der Waals surface area contributed by atoms with E-state index in [1.165, 1.54) is 0 Å². The average Bonchev–Trinajstić information content (AvgIpc) is 2.83. The standard InChI is InChI=1S/C14H18N4O4/c1-8(2)4-11(14(20)21)17-13(19)10(6-15)7-16-12-5-9(3)22-18-12/h5,7-8,11H,4H2,1-3H3,(H,16,18)(H,17,19)(H,20,21)/b10-7-. The van der Waals surface area contributed by atoms with Crippen molar-refractivity contribution in [2.75, 3.05) is 5.32 Å². The van der Waals surface area contributed by atoms with Gasteiger partial charge in [-0.3, -0.25) is 4.79 Å². The number of carboxylic acid groups (broad SMARTS) is 1. The molecule has 0 spiro atoms. The smallest absolute Gasteiger partial charge is 0.326 e. The second-order valence-electron chi connectivity index (χ2n) is 5.13. The maximum Gasteiger partial charge on any atom is 0.326 e. The average molecular weight is 306 g/mol. The van der Waals surface area contributed by atoms with E-state index in [2.05, 4.69) is 15.8 Å². The number of hydrogen-bond donors (Lipinski definition) is 3. The lowest BCUT2D eigenvalue weighted by atomic mass is 10.0. The molecule has 22 heavy (non-hydrogen) atoms. The summed E-state index contributed by atoms with van der Waals surface area (Å²) in [6.45, 7) is 5.39. The third kappa shape index (κ3) is 5.28. The highest BCUT2D eigenvalue weighted by atomic mass is 16.5. The Hall–Kier alpha value is -2.82. The molecule has 1 aromatic heterocycles. The largest absolute Gasteiger partial charge is 0.480 e. The predicted molar refractivity (Wildman–Crippen MR) is 77.6 cm³/mol. The number of carbonyl (C=O) groups is 2. The minimum atomic E-state index is -1.14. The van der Waals surface area contributed by atoms with Crippen LogP contribution in [0.1, 0.15) is 26.0 Å². The van der Waals surface area contributed by atoms with Crippen LogP contribution in [-0.4, -0.2) is 28.2 Å². The van der Waals surface area contributed by atoms with Gasteiger partial charge in [0.05, 0.1) is 0 Å². The van der Waals surface area contributed by atoms with Gasteiger partial charge in [0.15, 0.2) is 5.82 Å². The van der Waals surface area contributed by atoms with Gasteiger partial charge in [-0.05, 0) is 19.3 Å². The quantitative estimate of drug-likeness (QED) is 0.513. The molecule has 0 aliphatic carbocycles. The molecule has 0 saturated heterocycles. The first-order valence-corrected chi connectivity index (χ1v) is 6.67. The van der Waals surface area contributed by atoms with E-state index in [1.807, 2.05) is 13.8 Å². The molecule has 1 amide bonds. The maximum atomic E-state index is 11.9. The van der Waals surface area contributed by atoms with E-state index in [0.29, 0.717) is 11.6 Å². The van der Waals surface area contributed by atoms with Gasteiger partial charge in [0.2, 0.25) is 0 Å². The third-order valence-electron chi connectivity index (χ3n) is 2.67. The number of carboxylic acids is 1. The van der Waals surface area contributed by atoms with Crippen LogP contribution in [0.3, 0.4) is 0 Å². The highest BCUT2D eigenvalue weighted by Gasteiger charge is 2.22. The van der Waals surface area contributed by atoms with Crippen molar-refractivity contribution in [1.29, 1.82) is 5.26 Å². The molecule has 0 aliphatic rings. The van der Waals surface area contributed by atoms with Gasteiger partial charge in [-0.15, -0.1) is 0 Å². The van der Waals surface area contributed by atoms with Gasteiger partial charge < -0.3 is 20.3 Å². The van der Waals surface area contributed by atoms with Crippen LogP contribution in [0.4, 0.5) is 5.82 Å². The molecule has 1 rings (SSSR count). The minimum absolute atomic E-state index is 0.0899. The Bertz CT molecular complexity index is 613. The number of nitrogens with one attached hydrogen (secondary N) is 2. The Morgan fingerprint density at radius 2 is 2.23 bits per heavy atom. The summed E-state index contributed by atoms with van der Waals surface area (Å²) in [4.78, 5) is 23.1.